The first-order valence-electron chi connectivity index (χ1n) is 5.05. The molecule has 0 radical (unpaired) electrons. The van der Waals surface area contributed by atoms with Gasteiger partial charge in [-0.15, -0.1) is 11.3 Å². The summed E-state index contributed by atoms with van der Waals surface area (Å²) in [5.74, 6) is 0. The Kier molecular flexibility index (Phi) is 4.59. The highest BCUT2D eigenvalue weighted by atomic mass is 35.5. The van der Waals surface area contributed by atoms with Crippen LogP contribution in [0, 0.1) is 0 Å². The van der Waals surface area contributed by atoms with Crippen LogP contribution in [0.25, 0.3) is 0 Å². The molecular formula is C11H18ClNOS. The molecule has 1 N–H and O–H groups in total. The molecule has 2 unspecified atom stereocenters. The van der Waals surface area contributed by atoms with Crippen molar-refractivity contribution in [2.24, 2.45) is 0 Å². The van der Waals surface area contributed by atoms with Crippen molar-refractivity contribution in [2.75, 3.05) is 14.2 Å². The quantitative estimate of drug-likeness (QED) is 0.860. The van der Waals surface area contributed by atoms with Crippen LogP contribution in [0.2, 0.25) is 4.34 Å². The molecule has 0 aliphatic carbocycles. The monoisotopic (exact) mass is 247 g/mol. The second-order valence-electron chi connectivity index (χ2n) is 3.73. The van der Waals surface area contributed by atoms with E-state index in [-0.39, 0.29) is 11.6 Å². The Morgan fingerprint density at radius 2 is 2.27 bits per heavy atom. The first-order valence-corrected chi connectivity index (χ1v) is 6.24. The predicted molar refractivity (Wildman–Crippen MR) is 66.8 cm³/mol. The molecule has 2 nitrogen and oxygen atoms in total. The van der Waals surface area contributed by atoms with Gasteiger partial charge in [0.2, 0.25) is 0 Å². The van der Waals surface area contributed by atoms with Gasteiger partial charge < -0.3 is 10.1 Å². The fourth-order valence-corrected chi connectivity index (χ4v) is 3.01. The normalized spacial score (nSPS) is 17.4. The van der Waals surface area contributed by atoms with Crippen LogP contribution in [0.15, 0.2) is 12.1 Å². The van der Waals surface area contributed by atoms with Gasteiger partial charge in [-0.2, -0.15) is 0 Å². The van der Waals surface area contributed by atoms with Crippen molar-refractivity contribution in [3.05, 3.63) is 21.3 Å². The third kappa shape index (κ3) is 2.72. The highest BCUT2D eigenvalue weighted by Gasteiger charge is 2.33. The van der Waals surface area contributed by atoms with Crippen LogP contribution in [0.5, 0.6) is 0 Å². The van der Waals surface area contributed by atoms with E-state index in [1.54, 1.807) is 18.4 Å². The molecule has 0 aliphatic heterocycles. The molecular weight excluding hydrogens is 230 g/mol. The lowest BCUT2D eigenvalue weighted by Crippen LogP contribution is -2.41. The number of hydrogen-bond acceptors (Lipinski definition) is 3. The fourth-order valence-electron chi connectivity index (χ4n) is 1.70. The van der Waals surface area contributed by atoms with Crippen molar-refractivity contribution in [3.8, 4) is 0 Å². The maximum atomic E-state index is 5.95. The summed E-state index contributed by atoms with van der Waals surface area (Å²) in [6.07, 6.45) is 0.949. The Hall–Kier alpha value is -0.0900. The second-order valence-corrected chi connectivity index (χ2v) is 5.48. The number of ether oxygens (including phenoxy) is 1. The molecule has 0 aromatic carbocycles. The van der Waals surface area contributed by atoms with E-state index in [2.05, 4.69) is 25.2 Å². The lowest BCUT2D eigenvalue weighted by molar-refractivity contribution is -0.0271. The molecule has 0 fully saturated rings. The number of methoxy groups -OCH3 is 1. The summed E-state index contributed by atoms with van der Waals surface area (Å²) >= 11 is 7.55. The first-order chi connectivity index (χ1) is 7.07. The lowest BCUT2D eigenvalue weighted by atomic mass is 9.92. The Labute approximate surface area is 101 Å². The molecule has 15 heavy (non-hydrogen) atoms. The molecule has 1 aromatic heterocycles. The third-order valence-electron chi connectivity index (χ3n) is 2.95. The van der Waals surface area contributed by atoms with Crippen LogP contribution in [0.4, 0.5) is 0 Å². The number of rotatable bonds is 5. The summed E-state index contributed by atoms with van der Waals surface area (Å²) < 4.78 is 6.42. The van der Waals surface area contributed by atoms with Gasteiger partial charge in [-0.05, 0) is 32.5 Å². The maximum absolute atomic E-state index is 5.95. The van der Waals surface area contributed by atoms with Crippen molar-refractivity contribution in [1.82, 2.24) is 5.32 Å². The second kappa shape index (κ2) is 5.30. The van der Waals surface area contributed by atoms with E-state index in [9.17, 15) is 0 Å². The van der Waals surface area contributed by atoms with E-state index < -0.39 is 0 Å². The number of thiophene rings is 1. The molecule has 86 valence electrons. The van der Waals surface area contributed by atoms with Crippen LogP contribution in [0.1, 0.15) is 31.2 Å². The van der Waals surface area contributed by atoms with Gasteiger partial charge in [-0.25, -0.2) is 0 Å². The molecule has 0 saturated heterocycles. The molecule has 0 spiro atoms. The molecule has 2 atom stereocenters. The SMILES string of the molecule is CCC(C)(OC)C(NC)c1ccc(Cl)s1. The molecule has 1 heterocycles. The Morgan fingerprint density at radius 1 is 1.60 bits per heavy atom. The van der Waals surface area contributed by atoms with E-state index in [0.717, 1.165) is 10.8 Å². The Bertz CT molecular complexity index is 309. The van der Waals surface area contributed by atoms with Gasteiger partial charge in [0, 0.05) is 12.0 Å². The number of likely N-dealkylation sites (N-methyl/N-ethyl adjacent to an activating group) is 1. The molecule has 0 amide bonds. The molecule has 0 saturated carbocycles. The number of nitrogens with one attached hydrogen (secondary N) is 1. The highest BCUT2D eigenvalue weighted by molar-refractivity contribution is 7.16. The smallest absolute Gasteiger partial charge is 0.0931 e. The minimum atomic E-state index is -0.192. The fraction of sp³-hybridized carbons (Fsp3) is 0.636. The van der Waals surface area contributed by atoms with Crippen LogP contribution in [-0.2, 0) is 4.74 Å². The Balaban J connectivity index is 2.97. The van der Waals surface area contributed by atoms with Crippen LogP contribution in [0.3, 0.4) is 0 Å². The molecule has 1 rings (SSSR count). The van der Waals surface area contributed by atoms with Gasteiger partial charge in [-0.1, -0.05) is 18.5 Å². The van der Waals surface area contributed by atoms with Crippen molar-refractivity contribution in [2.45, 2.75) is 31.9 Å². The predicted octanol–water partition coefficient (Wildman–Crippen LogP) is 3.48. The van der Waals surface area contributed by atoms with E-state index in [4.69, 9.17) is 16.3 Å². The third-order valence-corrected chi connectivity index (χ3v) is 4.24. The molecule has 0 aliphatic rings. The van der Waals surface area contributed by atoms with Crippen LogP contribution in [-0.4, -0.2) is 19.8 Å². The van der Waals surface area contributed by atoms with E-state index in [1.165, 1.54) is 4.88 Å². The van der Waals surface area contributed by atoms with Gasteiger partial charge in [-0.3, -0.25) is 0 Å². The number of halogens is 1. The van der Waals surface area contributed by atoms with Crippen molar-refractivity contribution in [3.63, 3.8) is 0 Å². The molecule has 4 heteroatoms. The topological polar surface area (TPSA) is 21.3 Å². The first kappa shape index (κ1) is 13.0. The largest absolute Gasteiger partial charge is 0.377 e. The summed E-state index contributed by atoms with van der Waals surface area (Å²) in [5.41, 5.74) is -0.192. The van der Waals surface area contributed by atoms with Gasteiger partial charge in [0.25, 0.3) is 0 Å². The maximum Gasteiger partial charge on any atom is 0.0931 e. The summed E-state index contributed by atoms with van der Waals surface area (Å²) in [4.78, 5) is 1.22. The van der Waals surface area contributed by atoms with E-state index in [0.29, 0.717) is 0 Å². The summed E-state index contributed by atoms with van der Waals surface area (Å²) in [6, 6.07) is 4.17. The van der Waals surface area contributed by atoms with Crippen LogP contribution < -0.4 is 5.32 Å². The zero-order chi connectivity index (χ0) is 11.5. The molecule has 1 aromatic rings. The molecule has 0 bridgehead atoms. The average Bonchev–Trinajstić information content (AvgIpc) is 2.65. The van der Waals surface area contributed by atoms with Crippen molar-refractivity contribution in [1.29, 1.82) is 0 Å². The van der Waals surface area contributed by atoms with E-state index in [1.807, 2.05) is 13.1 Å². The minimum absolute atomic E-state index is 0.185. The average molecular weight is 248 g/mol. The Morgan fingerprint density at radius 3 is 2.60 bits per heavy atom. The lowest BCUT2D eigenvalue weighted by Gasteiger charge is -2.35. The number of hydrogen-bond donors (Lipinski definition) is 1. The van der Waals surface area contributed by atoms with Crippen LogP contribution >= 0.6 is 22.9 Å². The summed E-state index contributed by atoms with van der Waals surface area (Å²) in [6.45, 7) is 4.24. The highest BCUT2D eigenvalue weighted by Crippen LogP contribution is 2.36. The van der Waals surface area contributed by atoms with Crippen molar-refractivity contribution >= 4 is 22.9 Å². The van der Waals surface area contributed by atoms with Gasteiger partial charge in [0.15, 0.2) is 0 Å². The van der Waals surface area contributed by atoms with E-state index >= 15 is 0 Å². The standard InChI is InChI=1S/C11H18ClNOS/c1-5-11(2,14-4)10(13-3)8-6-7-9(12)15-8/h6-7,10,13H,5H2,1-4H3. The minimum Gasteiger partial charge on any atom is -0.377 e. The zero-order valence-corrected chi connectivity index (χ0v) is 11.2. The van der Waals surface area contributed by atoms with Gasteiger partial charge >= 0.3 is 0 Å². The van der Waals surface area contributed by atoms with Gasteiger partial charge in [0.05, 0.1) is 16.0 Å². The van der Waals surface area contributed by atoms with Crippen molar-refractivity contribution < 1.29 is 4.74 Å². The summed E-state index contributed by atoms with van der Waals surface area (Å²) in [7, 11) is 3.70. The van der Waals surface area contributed by atoms with Gasteiger partial charge in [0.1, 0.15) is 0 Å². The summed E-state index contributed by atoms with van der Waals surface area (Å²) in [5, 5.41) is 3.30. The zero-order valence-electron chi connectivity index (χ0n) is 9.63.